The zero-order valence-electron chi connectivity index (χ0n) is 16.8. The minimum absolute atomic E-state index is 0.00323. The highest BCUT2D eigenvalue weighted by atomic mass is 16.2. The van der Waals surface area contributed by atoms with Gasteiger partial charge >= 0.3 is 11.1 Å². The van der Waals surface area contributed by atoms with E-state index < -0.39 is 11.1 Å². The molecule has 1 atom stereocenters. The van der Waals surface area contributed by atoms with Gasteiger partial charge in [-0.25, -0.2) is 0 Å². The fourth-order valence-corrected chi connectivity index (χ4v) is 4.29. The summed E-state index contributed by atoms with van der Waals surface area (Å²) in [6, 6.07) is 15.4. The zero-order chi connectivity index (χ0) is 21.1. The SMILES string of the molecule is C=CCn1c(=O)c(=O)n(CCC(=O)NC2CCCc3ccccc32)c2ccccc21. The summed E-state index contributed by atoms with van der Waals surface area (Å²) in [4.78, 5) is 38.0. The quantitative estimate of drug-likeness (QED) is 0.508. The summed E-state index contributed by atoms with van der Waals surface area (Å²) in [5.74, 6) is -0.122. The molecule has 4 rings (SSSR count). The van der Waals surface area contributed by atoms with Crippen LogP contribution in [0.15, 0.2) is 70.8 Å². The fraction of sp³-hybridized carbons (Fsp3) is 0.292. The number of hydrogen-bond acceptors (Lipinski definition) is 3. The number of aromatic nitrogens is 2. The smallest absolute Gasteiger partial charge is 0.317 e. The van der Waals surface area contributed by atoms with Crippen LogP contribution in [0.5, 0.6) is 0 Å². The maximum Gasteiger partial charge on any atom is 0.317 e. The van der Waals surface area contributed by atoms with Crippen molar-refractivity contribution < 1.29 is 4.79 Å². The molecule has 0 radical (unpaired) electrons. The molecule has 1 N–H and O–H groups in total. The third-order valence-electron chi connectivity index (χ3n) is 5.72. The van der Waals surface area contributed by atoms with Gasteiger partial charge in [0.15, 0.2) is 0 Å². The topological polar surface area (TPSA) is 73.1 Å². The number of benzene rings is 2. The third kappa shape index (κ3) is 3.73. The average Bonchev–Trinajstić information content (AvgIpc) is 2.77. The summed E-state index contributed by atoms with van der Waals surface area (Å²) in [5, 5.41) is 3.11. The van der Waals surface area contributed by atoms with Gasteiger partial charge in [-0.1, -0.05) is 42.5 Å². The Labute approximate surface area is 174 Å². The summed E-state index contributed by atoms with van der Waals surface area (Å²) >= 11 is 0. The number of rotatable bonds is 6. The molecule has 1 heterocycles. The van der Waals surface area contributed by atoms with Crippen molar-refractivity contribution in [1.82, 2.24) is 14.5 Å². The molecule has 0 spiro atoms. The van der Waals surface area contributed by atoms with Gasteiger partial charge in [0, 0.05) is 19.5 Å². The number of allylic oxidation sites excluding steroid dienone is 1. The normalized spacial score (nSPS) is 15.5. The van der Waals surface area contributed by atoms with Crippen LogP contribution >= 0.6 is 0 Å². The molecule has 1 aliphatic rings. The number of carbonyl (C=O) groups is 1. The van der Waals surface area contributed by atoms with Crippen LogP contribution < -0.4 is 16.4 Å². The predicted octanol–water partition coefficient (Wildman–Crippen LogP) is 2.93. The van der Waals surface area contributed by atoms with Gasteiger partial charge in [0.25, 0.3) is 0 Å². The number of fused-ring (bicyclic) bond motifs is 2. The van der Waals surface area contributed by atoms with Crippen molar-refractivity contribution in [3.63, 3.8) is 0 Å². The Morgan fingerprint density at radius 1 is 1.03 bits per heavy atom. The largest absolute Gasteiger partial charge is 0.349 e. The standard InChI is InChI=1S/C24H25N3O3/c1-2-15-26-20-12-5-6-13-21(20)27(24(30)23(26)29)16-14-22(28)25-19-11-7-9-17-8-3-4-10-18(17)19/h2-6,8,10,12-13,19H,1,7,9,11,14-16H2,(H,25,28). The van der Waals surface area contributed by atoms with E-state index in [1.165, 1.54) is 20.3 Å². The molecular formula is C24H25N3O3. The summed E-state index contributed by atoms with van der Waals surface area (Å²) in [5.41, 5.74) is 2.53. The van der Waals surface area contributed by atoms with Crippen molar-refractivity contribution in [1.29, 1.82) is 0 Å². The first-order valence-electron chi connectivity index (χ1n) is 10.3. The maximum absolute atomic E-state index is 12.7. The molecule has 0 fully saturated rings. The molecule has 6 heteroatoms. The van der Waals surface area contributed by atoms with Gasteiger partial charge < -0.3 is 9.88 Å². The van der Waals surface area contributed by atoms with Gasteiger partial charge in [-0.05, 0) is 42.5 Å². The fourth-order valence-electron chi connectivity index (χ4n) is 4.29. The number of nitrogens with zero attached hydrogens (tertiary/aromatic N) is 2. The van der Waals surface area contributed by atoms with E-state index in [1.54, 1.807) is 18.2 Å². The number of hydrogen-bond donors (Lipinski definition) is 1. The molecule has 30 heavy (non-hydrogen) atoms. The van der Waals surface area contributed by atoms with Crippen molar-refractivity contribution >= 4 is 16.9 Å². The highest BCUT2D eigenvalue weighted by molar-refractivity contribution is 5.78. The van der Waals surface area contributed by atoms with E-state index in [4.69, 9.17) is 0 Å². The van der Waals surface area contributed by atoms with E-state index >= 15 is 0 Å². The van der Waals surface area contributed by atoms with Gasteiger partial charge in [-0.15, -0.1) is 6.58 Å². The summed E-state index contributed by atoms with van der Waals surface area (Å²) in [7, 11) is 0. The first-order chi connectivity index (χ1) is 14.6. The molecule has 1 amide bonds. The average molecular weight is 403 g/mol. The Hall–Kier alpha value is -3.41. The Morgan fingerprint density at radius 3 is 2.47 bits per heavy atom. The molecule has 0 aliphatic heterocycles. The summed E-state index contributed by atoms with van der Waals surface area (Å²) in [6.07, 6.45) is 4.70. The molecule has 1 aliphatic carbocycles. The first kappa shape index (κ1) is 19.9. The Balaban J connectivity index is 1.56. The van der Waals surface area contributed by atoms with E-state index in [1.807, 2.05) is 24.3 Å². The van der Waals surface area contributed by atoms with Crippen LogP contribution in [0.2, 0.25) is 0 Å². The second-order valence-electron chi connectivity index (χ2n) is 7.61. The molecule has 154 valence electrons. The van der Waals surface area contributed by atoms with Gasteiger partial charge in [0.1, 0.15) is 0 Å². The number of aryl methyl sites for hydroxylation is 2. The third-order valence-corrected chi connectivity index (χ3v) is 5.72. The number of para-hydroxylation sites is 2. The van der Waals surface area contributed by atoms with Crippen LogP contribution in [0.4, 0.5) is 0 Å². The molecular weight excluding hydrogens is 378 g/mol. The van der Waals surface area contributed by atoms with Crippen molar-refractivity contribution in [3.05, 3.63) is 93.0 Å². The Kier molecular flexibility index (Phi) is 5.65. The first-order valence-corrected chi connectivity index (χ1v) is 10.3. The highest BCUT2D eigenvalue weighted by Gasteiger charge is 2.21. The molecule has 2 aromatic carbocycles. The molecule has 1 unspecified atom stereocenters. The van der Waals surface area contributed by atoms with E-state index in [9.17, 15) is 14.4 Å². The monoisotopic (exact) mass is 403 g/mol. The van der Waals surface area contributed by atoms with Crippen molar-refractivity contribution in [3.8, 4) is 0 Å². The van der Waals surface area contributed by atoms with Gasteiger partial charge in [-0.2, -0.15) is 0 Å². The van der Waals surface area contributed by atoms with Crippen molar-refractivity contribution in [2.45, 2.75) is 44.8 Å². The minimum atomic E-state index is -0.619. The molecule has 0 bridgehead atoms. The lowest BCUT2D eigenvalue weighted by atomic mass is 9.88. The Bertz CT molecular complexity index is 1220. The van der Waals surface area contributed by atoms with E-state index in [0.29, 0.717) is 11.0 Å². The van der Waals surface area contributed by atoms with Gasteiger partial charge in [0.2, 0.25) is 5.91 Å². The van der Waals surface area contributed by atoms with E-state index in [-0.39, 0.29) is 31.5 Å². The second kappa shape index (κ2) is 8.53. The van der Waals surface area contributed by atoms with Crippen molar-refractivity contribution in [2.75, 3.05) is 0 Å². The van der Waals surface area contributed by atoms with Crippen LogP contribution in [0.3, 0.4) is 0 Å². The van der Waals surface area contributed by atoms with Crippen LogP contribution in [0.1, 0.15) is 36.4 Å². The van der Waals surface area contributed by atoms with Crippen LogP contribution in [0.25, 0.3) is 11.0 Å². The lowest BCUT2D eigenvalue weighted by Gasteiger charge is -2.26. The number of nitrogens with one attached hydrogen (secondary N) is 1. The van der Waals surface area contributed by atoms with E-state index in [0.717, 1.165) is 19.3 Å². The summed E-state index contributed by atoms with van der Waals surface area (Å²) < 4.78 is 2.83. The molecule has 3 aromatic rings. The predicted molar refractivity (Wildman–Crippen MR) is 118 cm³/mol. The van der Waals surface area contributed by atoms with Crippen LogP contribution in [0, 0.1) is 0 Å². The van der Waals surface area contributed by atoms with Gasteiger partial charge in [-0.3, -0.25) is 19.0 Å². The maximum atomic E-state index is 12.7. The summed E-state index contributed by atoms with van der Waals surface area (Å²) in [6.45, 7) is 4.08. The van der Waals surface area contributed by atoms with E-state index in [2.05, 4.69) is 24.0 Å². The number of amides is 1. The number of carbonyl (C=O) groups excluding carboxylic acids is 1. The molecule has 0 saturated heterocycles. The van der Waals surface area contributed by atoms with Gasteiger partial charge in [0.05, 0.1) is 17.1 Å². The Morgan fingerprint density at radius 2 is 1.70 bits per heavy atom. The lowest BCUT2D eigenvalue weighted by molar-refractivity contribution is -0.122. The van der Waals surface area contributed by atoms with Crippen molar-refractivity contribution in [2.24, 2.45) is 0 Å². The van der Waals surface area contributed by atoms with Crippen LogP contribution in [-0.2, 0) is 24.3 Å². The highest BCUT2D eigenvalue weighted by Crippen LogP contribution is 2.29. The lowest BCUT2D eigenvalue weighted by Crippen LogP contribution is -2.42. The molecule has 0 saturated carbocycles. The minimum Gasteiger partial charge on any atom is -0.349 e. The second-order valence-corrected chi connectivity index (χ2v) is 7.61. The molecule has 1 aromatic heterocycles. The zero-order valence-corrected chi connectivity index (χ0v) is 16.8. The van der Waals surface area contributed by atoms with Crippen LogP contribution in [-0.4, -0.2) is 15.0 Å². The molecule has 6 nitrogen and oxygen atoms in total.